The number of carbonyl (C=O) groups is 1. The van der Waals surface area contributed by atoms with Crippen molar-refractivity contribution in [3.8, 4) is 0 Å². The van der Waals surface area contributed by atoms with Crippen LogP contribution in [0.1, 0.15) is 24.4 Å². The Morgan fingerprint density at radius 2 is 1.88 bits per heavy atom. The first-order valence-electron chi connectivity index (χ1n) is 10.3. The van der Waals surface area contributed by atoms with Gasteiger partial charge in [-0.3, -0.25) is 9.36 Å². The highest BCUT2D eigenvalue weighted by atomic mass is 32.2. The normalized spacial score (nSPS) is 12.4. The third-order valence-corrected chi connectivity index (χ3v) is 6.28. The number of rotatable bonds is 8. The van der Waals surface area contributed by atoms with Crippen LogP contribution in [0.4, 0.5) is 5.69 Å². The SMILES string of the molecule is C[C@@H](c1nnc(SCC(=O)Nc2ccc3[nH]c(=O)[nH]c3c2)n1Cc1ccccc1)[NH+](C)C. The van der Waals surface area contributed by atoms with Crippen molar-refractivity contribution in [2.45, 2.75) is 24.7 Å². The molecule has 4 rings (SSSR count). The summed E-state index contributed by atoms with van der Waals surface area (Å²) < 4.78 is 2.08. The lowest BCUT2D eigenvalue weighted by Crippen LogP contribution is -3.05. The molecule has 1 amide bonds. The Morgan fingerprint density at radius 3 is 2.62 bits per heavy atom. The summed E-state index contributed by atoms with van der Waals surface area (Å²) in [6, 6.07) is 15.5. The molecule has 0 aliphatic rings. The van der Waals surface area contributed by atoms with E-state index in [0.717, 1.165) is 11.4 Å². The third kappa shape index (κ3) is 4.92. The number of hydrogen-bond donors (Lipinski definition) is 4. The van der Waals surface area contributed by atoms with Crippen LogP contribution in [0.25, 0.3) is 11.0 Å². The molecule has 4 aromatic rings. The second-order valence-corrected chi connectivity index (χ2v) is 8.83. The smallest absolute Gasteiger partial charge is 0.323 e. The zero-order valence-electron chi connectivity index (χ0n) is 18.2. The molecule has 0 aliphatic carbocycles. The van der Waals surface area contributed by atoms with Gasteiger partial charge in [-0.2, -0.15) is 0 Å². The molecule has 0 bridgehead atoms. The molecule has 0 fully saturated rings. The van der Waals surface area contributed by atoms with Crippen LogP contribution in [0.5, 0.6) is 0 Å². The van der Waals surface area contributed by atoms with Crippen molar-refractivity contribution >= 4 is 34.4 Å². The topological polar surface area (TPSA) is 113 Å². The number of nitrogens with one attached hydrogen (secondary N) is 4. The maximum atomic E-state index is 12.6. The number of H-pyrrole nitrogens is 2. The van der Waals surface area contributed by atoms with Crippen LogP contribution in [0.15, 0.2) is 58.5 Å². The number of anilines is 1. The van der Waals surface area contributed by atoms with Gasteiger partial charge in [0, 0.05) is 5.69 Å². The Morgan fingerprint density at radius 1 is 1.12 bits per heavy atom. The van der Waals surface area contributed by atoms with Gasteiger partial charge >= 0.3 is 5.69 Å². The summed E-state index contributed by atoms with van der Waals surface area (Å²) in [5.74, 6) is 0.922. The van der Waals surface area contributed by atoms with Crippen LogP contribution >= 0.6 is 11.8 Å². The number of benzene rings is 2. The summed E-state index contributed by atoms with van der Waals surface area (Å²) in [5.41, 5.74) is 2.83. The van der Waals surface area contributed by atoms with E-state index >= 15 is 0 Å². The monoisotopic (exact) mass is 452 g/mol. The molecule has 4 N–H and O–H groups in total. The summed E-state index contributed by atoms with van der Waals surface area (Å²) in [5, 5.41) is 12.4. The first kappa shape index (κ1) is 21.8. The van der Waals surface area contributed by atoms with Crippen LogP contribution < -0.4 is 15.9 Å². The molecule has 0 unspecified atom stereocenters. The molecule has 1 atom stereocenters. The maximum Gasteiger partial charge on any atom is 0.323 e. The number of fused-ring (bicyclic) bond motifs is 1. The van der Waals surface area contributed by atoms with Crippen LogP contribution in [-0.4, -0.2) is 50.5 Å². The number of imidazole rings is 1. The van der Waals surface area contributed by atoms with Gasteiger partial charge in [0.2, 0.25) is 5.91 Å². The Hall–Kier alpha value is -3.37. The first-order valence-corrected chi connectivity index (χ1v) is 11.3. The molecule has 9 nitrogen and oxygen atoms in total. The van der Waals surface area contributed by atoms with Crippen molar-refractivity contribution in [3.05, 3.63) is 70.4 Å². The van der Waals surface area contributed by atoms with E-state index in [9.17, 15) is 9.59 Å². The van der Waals surface area contributed by atoms with Gasteiger partial charge in [-0.05, 0) is 30.7 Å². The lowest BCUT2D eigenvalue weighted by atomic mass is 10.2. The van der Waals surface area contributed by atoms with Crippen LogP contribution in [0, 0.1) is 0 Å². The molecule has 32 heavy (non-hydrogen) atoms. The predicted molar refractivity (Wildman–Crippen MR) is 125 cm³/mol. The molecule has 2 heterocycles. The van der Waals surface area contributed by atoms with Crippen molar-refractivity contribution in [2.75, 3.05) is 25.2 Å². The minimum Gasteiger partial charge on any atom is -0.331 e. The average molecular weight is 453 g/mol. The average Bonchev–Trinajstić information content (AvgIpc) is 3.34. The molecule has 0 saturated heterocycles. The fraction of sp³-hybridized carbons (Fsp3) is 0.273. The fourth-order valence-electron chi connectivity index (χ4n) is 3.34. The molecule has 0 aliphatic heterocycles. The number of hydrogen-bond acceptors (Lipinski definition) is 5. The number of nitrogens with zero attached hydrogens (tertiary/aromatic N) is 3. The summed E-state index contributed by atoms with van der Waals surface area (Å²) in [7, 11) is 4.17. The molecule has 0 radical (unpaired) electrons. The fourth-order valence-corrected chi connectivity index (χ4v) is 4.08. The zero-order chi connectivity index (χ0) is 22.7. The van der Waals surface area contributed by atoms with Gasteiger partial charge in [0.25, 0.3) is 0 Å². The second-order valence-electron chi connectivity index (χ2n) is 7.89. The number of thioether (sulfide) groups is 1. The Labute approximate surface area is 189 Å². The summed E-state index contributed by atoms with van der Waals surface area (Å²) in [4.78, 5) is 30.6. The van der Waals surface area contributed by atoms with Gasteiger partial charge in [-0.1, -0.05) is 42.1 Å². The molecule has 2 aromatic carbocycles. The summed E-state index contributed by atoms with van der Waals surface area (Å²) >= 11 is 1.36. The van der Waals surface area contributed by atoms with Crippen molar-refractivity contribution in [2.24, 2.45) is 0 Å². The van der Waals surface area contributed by atoms with Gasteiger partial charge in [0.15, 0.2) is 11.0 Å². The highest BCUT2D eigenvalue weighted by Gasteiger charge is 2.23. The molecule has 10 heteroatoms. The largest absolute Gasteiger partial charge is 0.331 e. The lowest BCUT2D eigenvalue weighted by Gasteiger charge is -2.18. The van der Waals surface area contributed by atoms with E-state index in [0.29, 0.717) is 28.4 Å². The highest BCUT2D eigenvalue weighted by Crippen LogP contribution is 2.22. The van der Waals surface area contributed by atoms with Gasteiger partial charge < -0.3 is 20.2 Å². The first-order chi connectivity index (χ1) is 15.4. The summed E-state index contributed by atoms with van der Waals surface area (Å²) in [6.45, 7) is 2.76. The van der Waals surface area contributed by atoms with Gasteiger partial charge in [-0.25, -0.2) is 4.79 Å². The predicted octanol–water partition coefficient (Wildman–Crippen LogP) is 1.43. The highest BCUT2D eigenvalue weighted by molar-refractivity contribution is 7.99. The van der Waals surface area contributed by atoms with Crippen molar-refractivity contribution in [1.82, 2.24) is 24.7 Å². The Kier molecular flexibility index (Phi) is 6.42. The van der Waals surface area contributed by atoms with E-state index in [1.807, 2.05) is 18.2 Å². The minimum absolute atomic E-state index is 0.157. The quantitative estimate of drug-likeness (QED) is 0.302. The van der Waals surface area contributed by atoms with E-state index in [2.05, 4.69) is 63.2 Å². The van der Waals surface area contributed by atoms with Gasteiger partial charge in [0.05, 0.1) is 37.4 Å². The van der Waals surface area contributed by atoms with E-state index in [4.69, 9.17) is 0 Å². The molecular weight excluding hydrogens is 426 g/mol. The van der Waals surface area contributed by atoms with Crippen LogP contribution in [0.3, 0.4) is 0 Å². The molecule has 166 valence electrons. The number of carbonyl (C=O) groups excluding carboxylic acids is 1. The van der Waals surface area contributed by atoms with Gasteiger partial charge in [0.1, 0.15) is 6.04 Å². The van der Waals surface area contributed by atoms with E-state index in [-0.39, 0.29) is 23.4 Å². The lowest BCUT2D eigenvalue weighted by molar-refractivity contribution is -0.890. The number of amides is 1. The number of aromatic amines is 2. The Bertz CT molecular complexity index is 1280. The molecule has 2 aromatic heterocycles. The number of aromatic nitrogens is 5. The third-order valence-electron chi connectivity index (χ3n) is 5.31. The van der Waals surface area contributed by atoms with E-state index in [1.54, 1.807) is 18.2 Å². The number of quaternary nitrogens is 1. The maximum absolute atomic E-state index is 12.6. The standard InChI is InChI=1S/C22H25N7O2S/c1-14(28(2)3)20-26-27-22(29(20)12-15-7-5-4-6-8-15)32-13-19(30)23-16-9-10-17-18(11-16)25-21(31)24-17/h4-11,14H,12-13H2,1-3H3,(H,23,30)(H2,24,25,31)/p+1/t14-/m0/s1. The van der Waals surface area contributed by atoms with E-state index in [1.165, 1.54) is 16.7 Å². The van der Waals surface area contributed by atoms with Crippen molar-refractivity contribution < 1.29 is 9.69 Å². The minimum atomic E-state index is -0.277. The Balaban J connectivity index is 1.48. The van der Waals surface area contributed by atoms with Gasteiger partial charge in [-0.15, -0.1) is 10.2 Å². The zero-order valence-corrected chi connectivity index (χ0v) is 19.0. The second kappa shape index (κ2) is 9.41. The van der Waals surface area contributed by atoms with Crippen molar-refractivity contribution in [3.63, 3.8) is 0 Å². The van der Waals surface area contributed by atoms with Crippen molar-refractivity contribution in [1.29, 1.82) is 0 Å². The molecule has 0 spiro atoms. The van der Waals surface area contributed by atoms with Crippen LogP contribution in [-0.2, 0) is 11.3 Å². The molecular formula is C22H26N7O2S+. The summed E-state index contributed by atoms with van der Waals surface area (Å²) in [6.07, 6.45) is 0. The van der Waals surface area contributed by atoms with Crippen LogP contribution in [0.2, 0.25) is 0 Å². The molecule has 0 saturated carbocycles. The van der Waals surface area contributed by atoms with E-state index < -0.39 is 0 Å².